The van der Waals surface area contributed by atoms with Crippen molar-refractivity contribution in [1.29, 1.82) is 0 Å². The first kappa shape index (κ1) is 16.2. The van der Waals surface area contributed by atoms with Crippen molar-refractivity contribution in [1.82, 2.24) is 5.32 Å². The normalized spacial score (nSPS) is 21.0. The van der Waals surface area contributed by atoms with Gasteiger partial charge in [-0.2, -0.15) is 0 Å². The van der Waals surface area contributed by atoms with Crippen molar-refractivity contribution in [2.75, 3.05) is 11.9 Å². The molecule has 0 saturated carbocycles. The molecular formula is C19H19ClN2O3. The number of aliphatic hydroxyl groups is 1. The average molecular weight is 359 g/mol. The summed E-state index contributed by atoms with van der Waals surface area (Å²) < 4.78 is 5.70. The fourth-order valence-electron chi connectivity index (χ4n) is 3.55. The van der Waals surface area contributed by atoms with Crippen LogP contribution in [0.5, 0.6) is 5.75 Å². The largest absolute Gasteiger partial charge is 0.491 e. The molecule has 2 aromatic rings. The van der Waals surface area contributed by atoms with Gasteiger partial charge in [-0.1, -0.05) is 23.7 Å². The SMILES string of the molecule is O=C(Nc1cccc2c1C[C@H](O)C2)NC1COc2ccc(Cl)cc2C1. The molecule has 1 heterocycles. The van der Waals surface area contributed by atoms with Crippen molar-refractivity contribution in [3.63, 3.8) is 0 Å². The van der Waals surface area contributed by atoms with Gasteiger partial charge in [0.15, 0.2) is 0 Å². The van der Waals surface area contributed by atoms with Gasteiger partial charge in [0.1, 0.15) is 12.4 Å². The number of fused-ring (bicyclic) bond motifs is 2. The van der Waals surface area contributed by atoms with E-state index < -0.39 is 0 Å². The average Bonchev–Trinajstić information content (AvgIpc) is 2.96. The van der Waals surface area contributed by atoms with Gasteiger partial charge in [0.25, 0.3) is 0 Å². The monoisotopic (exact) mass is 358 g/mol. The summed E-state index contributed by atoms with van der Waals surface area (Å²) in [6.45, 7) is 0.424. The minimum Gasteiger partial charge on any atom is -0.491 e. The number of nitrogens with one attached hydrogen (secondary N) is 2. The van der Waals surface area contributed by atoms with Crippen molar-refractivity contribution < 1.29 is 14.6 Å². The Kier molecular flexibility index (Phi) is 4.27. The Bertz CT molecular complexity index is 824. The lowest BCUT2D eigenvalue weighted by molar-refractivity contribution is 0.187. The number of ether oxygens (including phenoxy) is 1. The number of hydrogen-bond donors (Lipinski definition) is 3. The maximum absolute atomic E-state index is 12.4. The van der Waals surface area contributed by atoms with E-state index in [1.807, 2.05) is 30.3 Å². The summed E-state index contributed by atoms with van der Waals surface area (Å²) in [5.41, 5.74) is 3.86. The minimum absolute atomic E-state index is 0.117. The zero-order chi connectivity index (χ0) is 17.4. The van der Waals surface area contributed by atoms with Gasteiger partial charge in [0.05, 0.1) is 12.1 Å². The standard InChI is InChI=1S/C19H19ClN2O3/c20-13-4-5-18-12(6-13)7-14(10-25-18)21-19(24)22-17-3-1-2-11-8-15(23)9-16(11)17/h1-6,14-15,23H,7-10H2,(H2,21,22,24)/t14?,15-/m1/s1. The molecule has 2 aliphatic rings. The highest BCUT2D eigenvalue weighted by Gasteiger charge is 2.24. The van der Waals surface area contributed by atoms with Crippen LogP contribution in [0.3, 0.4) is 0 Å². The van der Waals surface area contributed by atoms with Crippen LogP contribution in [-0.4, -0.2) is 29.9 Å². The van der Waals surface area contributed by atoms with E-state index in [0.29, 0.717) is 30.9 Å². The van der Waals surface area contributed by atoms with Crippen molar-refractivity contribution >= 4 is 23.3 Å². The molecule has 0 bridgehead atoms. The van der Waals surface area contributed by atoms with Crippen LogP contribution in [0.15, 0.2) is 36.4 Å². The number of halogens is 1. The molecule has 4 rings (SSSR count). The summed E-state index contributed by atoms with van der Waals surface area (Å²) in [5, 5.41) is 16.3. The van der Waals surface area contributed by atoms with Gasteiger partial charge in [-0.05, 0) is 53.8 Å². The molecule has 1 aliphatic heterocycles. The molecule has 5 nitrogen and oxygen atoms in total. The lowest BCUT2D eigenvalue weighted by Crippen LogP contribution is -2.44. The Morgan fingerprint density at radius 3 is 2.92 bits per heavy atom. The summed E-state index contributed by atoms with van der Waals surface area (Å²) in [4.78, 5) is 12.4. The van der Waals surface area contributed by atoms with Crippen LogP contribution >= 0.6 is 11.6 Å². The first-order valence-corrected chi connectivity index (χ1v) is 8.74. The molecule has 2 aromatic carbocycles. The molecular weight excluding hydrogens is 340 g/mol. The van der Waals surface area contributed by atoms with E-state index in [-0.39, 0.29) is 18.2 Å². The van der Waals surface area contributed by atoms with Crippen LogP contribution in [0.1, 0.15) is 16.7 Å². The smallest absolute Gasteiger partial charge is 0.319 e. The third kappa shape index (κ3) is 3.43. The molecule has 6 heteroatoms. The zero-order valence-corrected chi connectivity index (χ0v) is 14.3. The highest BCUT2D eigenvalue weighted by molar-refractivity contribution is 6.30. The van der Waals surface area contributed by atoms with Crippen LogP contribution in [0.2, 0.25) is 5.02 Å². The molecule has 2 atom stereocenters. The number of hydrogen-bond acceptors (Lipinski definition) is 3. The van der Waals surface area contributed by atoms with Gasteiger partial charge < -0.3 is 20.5 Å². The van der Waals surface area contributed by atoms with Crippen molar-refractivity contribution in [3.05, 3.63) is 58.1 Å². The molecule has 2 amide bonds. The molecule has 1 aliphatic carbocycles. The second-order valence-corrected chi connectivity index (χ2v) is 7.00. The summed E-state index contributed by atoms with van der Waals surface area (Å²) >= 11 is 6.03. The second kappa shape index (κ2) is 6.58. The maximum Gasteiger partial charge on any atom is 0.319 e. The van der Waals surface area contributed by atoms with E-state index in [2.05, 4.69) is 10.6 Å². The lowest BCUT2D eigenvalue weighted by atomic mass is 10.0. The van der Waals surface area contributed by atoms with Crippen LogP contribution in [0.4, 0.5) is 10.5 Å². The number of carbonyl (C=O) groups is 1. The first-order chi connectivity index (χ1) is 12.1. The predicted molar refractivity (Wildman–Crippen MR) is 96.5 cm³/mol. The van der Waals surface area contributed by atoms with Crippen molar-refractivity contribution in [2.45, 2.75) is 31.4 Å². The maximum atomic E-state index is 12.4. The summed E-state index contributed by atoms with van der Waals surface area (Å²) in [6, 6.07) is 10.9. The zero-order valence-electron chi connectivity index (χ0n) is 13.6. The van der Waals surface area contributed by atoms with Gasteiger partial charge in [-0.25, -0.2) is 4.79 Å². The quantitative estimate of drug-likeness (QED) is 0.773. The minimum atomic E-state index is -0.367. The number of rotatable bonds is 2. The fourth-order valence-corrected chi connectivity index (χ4v) is 3.74. The molecule has 3 N–H and O–H groups in total. The molecule has 0 saturated heterocycles. The third-order valence-corrected chi connectivity index (χ3v) is 4.92. The molecule has 0 aromatic heterocycles. The van der Waals surface area contributed by atoms with Gasteiger partial charge in [-0.15, -0.1) is 0 Å². The second-order valence-electron chi connectivity index (χ2n) is 6.57. The van der Waals surface area contributed by atoms with Crippen molar-refractivity contribution in [2.24, 2.45) is 0 Å². The van der Waals surface area contributed by atoms with E-state index in [1.165, 1.54) is 0 Å². The fraction of sp³-hybridized carbons (Fsp3) is 0.316. The summed E-state index contributed by atoms with van der Waals surface area (Å²) in [6.07, 6.45) is 1.52. The van der Waals surface area contributed by atoms with Gasteiger partial charge in [-0.3, -0.25) is 0 Å². The molecule has 0 fully saturated rings. The molecule has 130 valence electrons. The van der Waals surface area contributed by atoms with Gasteiger partial charge in [0, 0.05) is 17.1 Å². The van der Waals surface area contributed by atoms with E-state index >= 15 is 0 Å². The predicted octanol–water partition coefficient (Wildman–Crippen LogP) is 2.92. The Morgan fingerprint density at radius 2 is 2.04 bits per heavy atom. The first-order valence-electron chi connectivity index (χ1n) is 8.36. The topological polar surface area (TPSA) is 70.6 Å². The third-order valence-electron chi connectivity index (χ3n) is 4.68. The van der Waals surface area contributed by atoms with Gasteiger partial charge >= 0.3 is 6.03 Å². The highest BCUT2D eigenvalue weighted by Crippen LogP contribution is 2.30. The Balaban J connectivity index is 1.42. The Labute approximate surface area is 151 Å². The van der Waals surface area contributed by atoms with Gasteiger partial charge in [0.2, 0.25) is 0 Å². The van der Waals surface area contributed by atoms with Crippen LogP contribution in [-0.2, 0) is 19.3 Å². The van der Waals surface area contributed by atoms with Crippen molar-refractivity contribution in [3.8, 4) is 5.75 Å². The van der Waals surface area contributed by atoms with E-state index in [1.54, 1.807) is 6.07 Å². The number of benzene rings is 2. The summed E-state index contributed by atoms with van der Waals surface area (Å²) in [5.74, 6) is 0.817. The van der Waals surface area contributed by atoms with E-state index in [0.717, 1.165) is 28.1 Å². The molecule has 25 heavy (non-hydrogen) atoms. The Hall–Kier alpha value is -2.24. The van der Waals surface area contributed by atoms with E-state index in [4.69, 9.17) is 16.3 Å². The number of carbonyl (C=O) groups excluding carboxylic acids is 1. The van der Waals surface area contributed by atoms with Crippen LogP contribution < -0.4 is 15.4 Å². The highest BCUT2D eigenvalue weighted by atomic mass is 35.5. The Morgan fingerprint density at radius 1 is 1.16 bits per heavy atom. The molecule has 0 spiro atoms. The van der Waals surface area contributed by atoms with Crippen LogP contribution in [0.25, 0.3) is 0 Å². The molecule has 1 unspecified atom stereocenters. The number of urea groups is 1. The lowest BCUT2D eigenvalue weighted by Gasteiger charge is -2.26. The van der Waals surface area contributed by atoms with E-state index in [9.17, 15) is 9.90 Å². The summed E-state index contributed by atoms with van der Waals surface area (Å²) in [7, 11) is 0. The number of aliphatic hydroxyl groups excluding tert-OH is 1. The number of anilines is 1. The van der Waals surface area contributed by atoms with Crippen LogP contribution in [0, 0.1) is 0 Å². The molecule has 0 radical (unpaired) electrons. The number of amides is 2.